The molecular weight excluding hydrogens is 344 g/mol. The average Bonchev–Trinajstić information content (AvgIpc) is 2.95. The second-order valence-electron chi connectivity index (χ2n) is 6.38. The predicted octanol–water partition coefficient (Wildman–Crippen LogP) is 4.13. The zero-order valence-corrected chi connectivity index (χ0v) is 15.8. The van der Waals surface area contributed by atoms with Crippen LogP contribution in [0.5, 0.6) is 0 Å². The molecule has 2 nitrogen and oxygen atoms in total. The van der Waals surface area contributed by atoms with Gasteiger partial charge in [0.15, 0.2) is 0 Å². The second kappa shape index (κ2) is 8.56. The maximum atomic E-state index is 3.75. The Bertz CT molecular complexity index is 444. The van der Waals surface area contributed by atoms with E-state index in [9.17, 15) is 0 Å². The number of rotatable bonds is 7. The molecule has 21 heavy (non-hydrogen) atoms. The second-order valence-corrected chi connectivity index (χ2v) is 8.39. The van der Waals surface area contributed by atoms with Gasteiger partial charge in [-0.2, -0.15) is 11.8 Å². The summed E-state index contributed by atoms with van der Waals surface area (Å²) in [7, 11) is 2.25. The SMILES string of the molecule is CC(C)CNCc1ccc(CN(C)C2CCSC2)c(Br)c1. The molecule has 1 atom stereocenters. The van der Waals surface area contributed by atoms with Crippen molar-refractivity contribution in [2.24, 2.45) is 5.92 Å². The normalized spacial score (nSPS) is 18.9. The third-order valence-corrected chi connectivity index (χ3v) is 5.83. The fourth-order valence-electron chi connectivity index (χ4n) is 2.60. The van der Waals surface area contributed by atoms with Crippen molar-refractivity contribution < 1.29 is 0 Å². The lowest BCUT2D eigenvalue weighted by molar-refractivity contribution is 0.254. The minimum atomic E-state index is 0.700. The summed E-state index contributed by atoms with van der Waals surface area (Å²) in [5.41, 5.74) is 2.74. The van der Waals surface area contributed by atoms with Crippen LogP contribution in [0.3, 0.4) is 0 Å². The topological polar surface area (TPSA) is 15.3 Å². The van der Waals surface area contributed by atoms with Gasteiger partial charge in [-0.05, 0) is 48.9 Å². The van der Waals surface area contributed by atoms with E-state index in [1.54, 1.807) is 0 Å². The highest BCUT2D eigenvalue weighted by Crippen LogP contribution is 2.25. The quantitative estimate of drug-likeness (QED) is 0.776. The van der Waals surface area contributed by atoms with E-state index in [2.05, 4.69) is 77.0 Å². The molecule has 0 bridgehead atoms. The Morgan fingerprint density at radius 1 is 1.43 bits per heavy atom. The molecule has 0 amide bonds. The van der Waals surface area contributed by atoms with Gasteiger partial charge in [0.05, 0.1) is 0 Å². The minimum absolute atomic E-state index is 0.700. The summed E-state index contributed by atoms with van der Waals surface area (Å²) in [6.45, 7) is 7.53. The number of hydrogen-bond acceptors (Lipinski definition) is 3. The van der Waals surface area contributed by atoms with Gasteiger partial charge in [-0.1, -0.05) is 41.9 Å². The van der Waals surface area contributed by atoms with Gasteiger partial charge < -0.3 is 5.32 Å². The Balaban J connectivity index is 1.89. The van der Waals surface area contributed by atoms with E-state index in [1.807, 2.05) is 0 Å². The molecule has 4 heteroatoms. The predicted molar refractivity (Wildman–Crippen MR) is 97.9 cm³/mol. The van der Waals surface area contributed by atoms with Crippen LogP contribution in [0.1, 0.15) is 31.4 Å². The monoisotopic (exact) mass is 370 g/mol. The Morgan fingerprint density at radius 2 is 2.24 bits per heavy atom. The first-order valence-corrected chi connectivity index (χ1v) is 9.77. The molecule has 1 saturated heterocycles. The van der Waals surface area contributed by atoms with Crippen LogP contribution in [0.2, 0.25) is 0 Å². The molecule has 1 N–H and O–H groups in total. The van der Waals surface area contributed by atoms with Crippen LogP contribution >= 0.6 is 27.7 Å². The first-order chi connectivity index (χ1) is 10.1. The van der Waals surface area contributed by atoms with E-state index in [4.69, 9.17) is 0 Å². The number of nitrogens with zero attached hydrogens (tertiary/aromatic N) is 1. The van der Waals surface area contributed by atoms with Crippen LogP contribution in [-0.4, -0.2) is 36.0 Å². The lowest BCUT2D eigenvalue weighted by Gasteiger charge is -2.24. The third kappa shape index (κ3) is 5.59. The summed E-state index contributed by atoms with van der Waals surface area (Å²) in [5, 5.41) is 3.50. The molecule has 1 aromatic rings. The van der Waals surface area contributed by atoms with Crippen LogP contribution in [-0.2, 0) is 13.1 Å². The van der Waals surface area contributed by atoms with Gasteiger partial charge in [-0.15, -0.1) is 0 Å². The first-order valence-electron chi connectivity index (χ1n) is 7.82. The Kier molecular flexibility index (Phi) is 7.06. The Morgan fingerprint density at radius 3 is 2.86 bits per heavy atom. The molecule has 0 aliphatic carbocycles. The van der Waals surface area contributed by atoms with Crippen molar-refractivity contribution in [1.82, 2.24) is 10.2 Å². The Labute approximate surface area is 142 Å². The van der Waals surface area contributed by atoms with Crippen LogP contribution in [0.25, 0.3) is 0 Å². The largest absolute Gasteiger partial charge is 0.312 e. The molecule has 0 saturated carbocycles. The first kappa shape index (κ1) is 17.3. The average molecular weight is 371 g/mol. The number of nitrogens with one attached hydrogen (secondary N) is 1. The number of halogens is 1. The maximum Gasteiger partial charge on any atom is 0.0245 e. The van der Waals surface area contributed by atoms with Crippen molar-refractivity contribution >= 4 is 27.7 Å². The van der Waals surface area contributed by atoms with Gasteiger partial charge in [-0.3, -0.25) is 4.90 Å². The molecule has 0 aromatic heterocycles. The molecule has 1 fully saturated rings. The molecule has 0 spiro atoms. The highest BCUT2D eigenvalue weighted by molar-refractivity contribution is 9.10. The molecule has 0 radical (unpaired) electrons. The van der Waals surface area contributed by atoms with Crippen LogP contribution in [0.4, 0.5) is 0 Å². The zero-order valence-electron chi connectivity index (χ0n) is 13.4. The zero-order chi connectivity index (χ0) is 15.2. The number of hydrogen-bond donors (Lipinski definition) is 1. The van der Waals surface area contributed by atoms with Crippen molar-refractivity contribution in [3.8, 4) is 0 Å². The smallest absolute Gasteiger partial charge is 0.0245 e. The standard InChI is InChI=1S/C17H27BrN2S/c1-13(2)9-19-10-14-4-5-15(17(18)8-14)11-20(3)16-6-7-21-12-16/h4-5,8,13,16,19H,6-7,9-12H2,1-3H3. The maximum absolute atomic E-state index is 3.75. The van der Waals surface area contributed by atoms with Gasteiger partial charge in [0, 0.05) is 29.4 Å². The highest BCUT2D eigenvalue weighted by atomic mass is 79.9. The molecular formula is C17H27BrN2S. The number of benzene rings is 1. The highest BCUT2D eigenvalue weighted by Gasteiger charge is 2.20. The van der Waals surface area contributed by atoms with Gasteiger partial charge in [0.1, 0.15) is 0 Å². The fourth-order valence-corrected chi connectivity index (χ4v) is 4.45. The summed E-state index contributed by atoms with van der Waals surface area (Å²) in [6.07, 6.45) is 1.33. The van der Waals surface area contributed by atoms with Crippen molar-refractivity contribution in [2.75, 3.05) is 25.1 Å². The van der Waals surface area contributed by atoms with E-state index >= 15 is 0 Å². The minimum Gasteiger partial charge on any atom is -0.312 e. The third-order valence-electron chi connectivity index (χ3n) is 3.95. The van der Waals surface area contributed by atoms with Gasteiger partial charge in [0.25, 0.3) is 0 Å². The summed E-state index contributed by atoms with van der Waals surface area (Å²) < 4.78 is 1.24. The summed E-state index contributed by atoms with van der Waals surface area (Å²) in [4.78, 5) is 2.50. The molecule has 1 heterocycles. The van der Waals surface area contributed by atoms with E-state index in [0.717, 1.165) is 25.7 Å². The summed E-state index contributed by atoms with van der Waals surface area (Å²) >= 11 is 5.82. The molecule has 1 unspecified atom stereocenters. The van der Waals surface area contributed by atoms with Crippen molar-refractivity contribution in [2.45, 2.75) is 39.4 Å². The van der Waals surface area contributed by atoms with E-state index in [1.165, 1.54) is 33.5 Å². The van der Waals surface area contributed by atoms with Crippen LogP contribution in [0, 0.1) is 5.92 Å². The van der Waals surface area contributed by atoms with E-state index in [-0.39, 0.29) is 0 Å². The van der Waals surface area contributed by atoms with Gasteiger partial charge >= 0.3 is 0 Å². The fraction of sp³-hybridized carbons (Fsp3) is 0.647. The number of thioether (sulfide) groups is 1. The molecule has 1 aliphatic rings. The summed E-state index contributed by atoms with van der Waals surface area (Å²) in [5.74, 6) is 3.30. The summed E-state index contributed by atoms with van der Waals surface area (Å²) in [6, 6.07) is 7.54. The van der Waals surface area contributed by atoms with Crippen molar-refractivity contribution in [1.29, 1.82) is 0 Å². The Hall–Kier alpha value is -0.0300. The van der Waals surface area contributed by atoms with Crippen molar-refractivity contribution in [3.05, 3.63) is 33.8 Å². The molecule has 1 aliphatic heterocycles. The van der Waals surface area contributed by atoms with Crippen LogP contribution in [0.15, 0.2) is 22.7 Å². The lowest BCUT2D eigenvalue weighted by atomic mass is 10.1. The van der Waals surface area contributed by atoms with E-state index < -0.39 is 0 Å². The van der Waals surface area contributed by atoms with Crippen molar-refractivity contribution in [3.63, 3.8) is 0 Å². The lowest BCUT2D eigenvalue weighted by Crippen LogP contribution is -2.31. The van der Waals surface area contributed by atoms with E-state index in [0.29, 0.717) is 5.92 Å². The van der Waals surface area contributed by atoms with Crippen LogP contribution < -0.4 is 5.32 Å². The molecule has 2 rings (SSSR count). The van der Waals surface area contributed by atoms with Gasteiger partial charge in [-0.25, -0.2) is 0 Å². The molecule has 118 valence electrons. The molecule has 1 aromatic carbocycles. The van der Waals surface area contributed by atoms with Gasteiger partial charge in [0.2, 0.25) is 0 Å².